The number of nitrogens with one attached hydrogen (secondary N) is 1. The Morgan fingerprint density at radius 2 is 1.73 bits per heavy atom. The van der Waals surface area contributed by atoms with E-state index in [0.717, 1.165) is 22.9 Å². The van der Waals surface area contributed by atoms with Gasteiger partial charge in [0.2, 0.25) is 11.8 Å². The summed E-state index contributed by atoms with van der Waals surface area (Å²) in [6.45, 7) is 1.50. The Bertz CT molecular complexity index is 1020. The average Bonchev–Trinajstić information content (AvgIpc) is 2.87. The predicted molar refractivity (Wildman–Crippen MR) is 85.1 cm³/mol. The highest BCUT2D eigenvalue weighted by atomic mass is 19.2. The molecular weight excluding hydrogens is 354 g/mol. The molecule has 0 spiro atoms. The van der Waals surface area contributed by atoms with Crippen LogP contribution < -0.4 is 10.9 Å². The van der Waals surface area contributed by atoms with E-state index in [1.807, 2.05) is 0 Å². The SMILES string of the molecule is Cc1cc(Nc2nc(=O)c(F)cn2Cc2cc(F)c(F)c(F)c2)n(C)n1. The normalized spacial score (nSPS) is 11.0. The minimum absolute atomic E-state index is 0.0236. The molecular formula is C16H13F4N5O. The van der Waals surface area contributed by atoms with Crippen molar-refractivity contribution in [3.8, 4) is 0 Å². The summed E-state index contributed by atoms with van der Waals surface area (Å²) < 4.78 is 56.2. The molecule has 0 bridgehead atoms. The lowest BCUT2D eigenvalue weighted by Crippen LogP contribution is -2.20. The zero-order chi connectivity index (χ0) is 19.0. The summed E-state index contributed by atoms with van der Waals surface area (Å²) in [6, 6.07) is 3.23. The molecule has 3 aromatic rings. The lowest BCUT2D eigenvalue weighted by Gasteiger charge is -2.14. The minimum Gasteiger partial charge on any atom is -0.311 e. The monoisotopic (exact) mass is 367 g/mol. The molecule has 26 heavy (non-hydrogen) atoms. The third-order valence-corrected chi connectivity index (χ3v) is 3.59. The van der Waals surface area contributed by atoms with Crippen molar-refractivity contribution in [2.75, 3.05) is 5.32 Å². The summed E-state index contributed by atoms with van der Waals surface area (Å²) in [5.74, 6) is -5.07. The first-order chi connectivity index (χ1) is 12.2. The zero-order valence-corrected chi connectivity index (χ0v) is 13.7. The number of anilines is 2. The molecule has 0 amide bonds. The number of rotatable bonds is 4. The number of halogens is 4. The fourth-order valence-electron chi connectivity index (χ4n) is 2.43. The highest BCUT2D eigenvalue weighted by Crippen LogP contribution is 2.18. The molecule has 0 saturated carbocycles. The maximum Gasteiger partial charge on any atom is 0.310 e. The number of nitrogens with zero attached hydrogens (tertiary/aromatic N) is 4. The van der Waals surface area contributed by atoms with Crippen LogP contribution in [0.3, 0.4) is 0 Å². The lowest BCUT2D eigenvalue weighted by molar-refractivity contribution is 0.444. The van der Waals surface area contributed by atoms with Gasteiger partial charge in [-0.3, -0.25) is 9.48 Å². The first kappa shape index (κ1) is 17.6. The minimum atomic E-state index is -1.60. The van der Waals surface area contributed by atoms with Gasteiger partial charge < -0.3 is 9.88 Å². The van der Waals surface area contributed by atoms with Crippen molar-refractivity contribution in [2.45, 2.75) is 13.5 Å². The largest absolute Gasteiger partial charge is 0.311 e. The zero-order valence-electron chi connectivity index (χ0n) is 13.7. The molecule has 10 heteroatoms. The summed E-state index contributed by atoms with van der Waals surface area (Å²) in [5.41, 5.74) is -0.386. The average molecular weight is 367 g/mol. The molecule has 0 saturated heterocycles. The molecule has 1 aromatic carbocycles. The number of aryl methyl sites for hydroxylation is 2. The first-order valence-corrected chi connectivity index (χ1v) is 7.42. The van der Waals surface area contributed by atoms with Crippen molar-refractivity contribution in [1.29, 1.82) is 0 Å². The van der Waals surface area contributed by atoms with E-state index < -0.39 is 28.8 Å². The van der Waals surface area contributed by atoms with Crippen LogP contribution in [0.25, 0.3) is 0 Å². The standard InChI is InChI=1S/C16H13F4N5O/c1-8-3-13(24(2)23-8)21-16-22-15(26)12(19)7-25(16)6-9-4-10(17)14(20)11(18)5-9/h3-5,7H,6H2,1-2H3,(H,21,22,26). The van der Waals surface area contributed by atoms with Crippen LogP contribution in [0.2, 0.25) is 0 Å². The maximum atomic E-state index is 13.7. The molecule has 2 aromatic heterocycles. The van der Waals surface area contributed by atoms with Gasteiger partial charge in [0.15, 0.2) is 17.5 Å². The van der Waals surface area contributed by atoms with E-state index in [2.05, 4.69) is 15.4 Å². The molecule has 6 nitrogen and oxygen atoms in total. The summed E-state index contributed by atoms with van der Waals surface area (Å²) in [7, 11) is 1.64. The molecule has 0 unspecified atom stereocenters. The van der Waals surface area contributed by atoms with Gasteiger partial charge in [0.05, 0.1) is 12.2 Å². The second kappa shape index (κ2) is 6.62. The van der Waals surface area contributed by atoms with Crippen molar-refractivity contribution in [1.82, 2.24) is 19.3 Å². The van der Waals surface area contributed by atoms with Crippen LogP contribution in [-0.2, 0) is 13.6 Å². The quantitative estimate of drug-likeness (QED) is 0.569. The molecule has 0 aliphatic rings. The number of hydrogen-bond acceptors (Lipinski definition) is 4. The van der Waals surface area contributed by atoms with Crippen molar-refractivity contribution in [3.05, 3.63) is 69.3 Å². The second-order valence-electron chi connectivity index (χ2n) is 5.64. The van der Waals surface area contributed by atoms with Crippen LogP contribution in [-0.4, -0.2) is 19.3 Å². The summed E-state index contributed by atoms with van der Waals surface area (Å²) in [6.07, 6.45) is 0.847. The second-order valence-corrected chi connectivity index (χ2v) is 5.64. The van der Waals surface area contributed by atoms with Crippen LogP contribution in [0, 0.1) is 30.2 Å². The van der Waals surface area contributed by atoms with Crippen molar-refractivity contribution in [3.63, 3.8) is 0 Å². The number of aromatic nitrogens is 4. The van der Waals surface area contributed by atoms with Gasteiger partial charge in [0.1, 0.15) is 5.82 Å². The fourth-order valence-corrected chi connectivity index (χ4v) is 2.43. The third kappa shape index (κ3) is 3.44. The van der Waals surface area contributed by atoms with Gasteiger partial charge in [-0.25, -0.2) is 13.2 Å². The smallest absolute Gasteiger partial charge is 0.310 e. The number of hydrogen-bond donors (Lipinski definition) is 1. The molecule has 2 heterocycles. The van der Waals surface area contributed by atoms with E-state index in [9.17, 15) is 22.4 Å². The molecule has 0 aliphatic carbocycles. The summed E-state index contributed by atoms with van der Waals surface area (Å²) in [4.78, 5) is 15.1. The van der Waals surface area contributed by atoms with Gasteiger partial charge in [-0.1, -0.05) is 0 Å². The molecule has 136 valence electrons. The Balaban J connectivity index is 2.02. The van der Waals surface area contributed by atoms with Crippen LogP contribution in [0.4, 0.5) is 29.3 Å². The Morgan fingerprint density at radius 1 is 1.08 bits per heavy atom. The van der Waals surface area contributed by atoms with Gasteiger partial charge in [-0.2, -0.15) is 14.5 Å². The van der Waals surface area contributed by atoms with E-state index in [-0.39, 0.29) is 18.1 Å². The van der Waals surface area contributed by atoms with E-state index in [1.165, 1.54) is 4.68 Å². The molecule has 0 aliphatic heterocycles. The predicted octanol–water partition coefficient (Wildman–Crippen LogP) is 2.63. The molecule has 0 radical (unpaired) electrons. The molecule has 0 fully saturated rings. The van der Waals surface area contributed by atoms with Crippen LogP contribution >= 0.6 is 0 Å². The van der Waals surface area contributed by atoms with E-state index in [4.69, 9.17) is 0 Å². The van der Waals surface area contributed by atoms with Crippen molar-refractivity contribution >= 4 is 11.8 Å². The first-order valence-electron chi connectivity index (χ1n) is 7.42. The van der Waals surface area contributed by atoms with Gasteiger partial charge in [0.25, 0.3) is 0 Å². The number of benzene rings is 1. The Morgan fingerprint density at radius 3 is 2.31 bits per heavy atom. The van der Waals surface area contributed by atoms with Crippen LogP contribution in [0.1, 0.15) is 11.3 Å². The van der Waals surface area contributed by atoms with Gasteiger partial charge >= 0.3 is 5.56 Å². The highest BCUT2D eigenvalue weighted by Gasteiger charge is 2.14. The molecule has 3 rings (SSSR count). The molecule has 1 N–H and O–H groups in total. The van der Waals surface area contributed by atoms with Gasteiger partial charge in [0, 0.05) is 19.3 Å². The van der Waals surface area contributed by atoms with E-state index in [0.29, 0.717) is 11.5 Å². The van der Waals surface area contributed by atoms with Crippen molar-refractivity contribution < 1.29 is 17.6 Å². The highest BCUT2D eigenvalue weighted by molar-refractivity contribution is 5.49. The van der Waals surface area contributed by atoms with Crippen molar-refractivity contribution in [2.24, 2.45) is 7.05 Å². The van der Waals surface area contributed by atoms with Crippen LogP contribution in [0.15, 0.2) is 29.2 Å². The fraction of sp³-hybridized carbons (Fsp3) is 0.188. The summed E-state index contributed by atoms with van der Waals surface area (Å²) >= 11 is 0. The Labute approximate surface area is 144 Å². The Hall–Kier alpha value is -3.17. The van der Waals surface area contributed by atoms with E-state index in [1.54, 1.807) is 20.0 Å². The van der Waals surface area contributed by atoms with Gasteiger partial charge in [-0.05, 0) is 24.6 Å². The Kier molecular flexibility index (Phi) is 4.49. The summed E-state index contributed by atoms with van der Waals surface area (Å²) in [5, 5.41) is 6.93. The van der Waals surface area contributed by atoms with Gasteiger partial charge in [-0.15, -0.1) is 0 Å². The molecule has 0 atom stereocenters. The third-order valence-electron chi connectivity index (χ3n) is 3.59. The van der Waals surface area contributed by atoms with E-state index >= 15 is 0 Å². The lowest BCUT2D eigenvalue weighted by atomic mass is 10.2. The van der Waals surface area contributed by atoms with Crippen LogP contribution in [0.5, 0.6) is 0 Å². The maximum absolute atomic E-state index is 13.7. The topological polar surface area (TPSA) is 64.7 Å².